The lowest BCUT2D eigenvalue weighted by atomic mass is 10.0. The van der Waals surface area contributed by atoms with Gasteiger partial charge in [-0.1, -0.05) is 19.8 Å². The quantitative estimate of drug-likeness (QED) is 0.751. The average Bonchev–Trinajstić information content (AvgIpc) is 2.30. The van der Waals surface area contributed by atoms with Gasteiger partial charge >= 0.3 is 0 Å². The fourth-order valence-electron chi connectivity index (χ4n) is 2.35. The van der Waals surface area contributed by atoms with Crippen LogP contribution in [0.4, 0.5) is 0 Å². The van der Waals surface area contributed by atoms with E-state index in [1.807, 2.05) is 0 Å². The number of hydrogen-bond acceptors (Lipinski definition) is 3. The highest BCUT2D eigenvalue weighted by Crippen LogP contribution is 2.15. The lowest BCUT2D eigenvalue weighted by molar-refractivity contribution is -0.0556. The molecule has 0 radical (unpaired) electrons. The standard InChI is InChI=1S/C13H28N2O/c1-5-6-7-12(14-4)13-10-15(11(2)3)8-9-16-13/h11-14H,5-10H2,1-4H3. The van der Waals surface area contributed by atoms with E-state index in [9.17, 15) is 0 Å². The molecule has 0 spiro atoms. The van der Waals surface area contributed by atoms with Crippen molar-refractivity contribution in [3.63, 3.8) is 0 Å². The van der Waals surface area contributed by atoms with Gasteiger partial charge in [-0.2, -0.15) is 0 Å². The summed E-state index contributed by atoms with van der Waals surface area (Å²) in [6, 6.07) is 1.15. The molecule has 0 saturated carbocycles. The summed E-state index contributed by atoms with van der Waals surface area (Å²) in [7, 11) is 2.05. The van der Waals surface area contributed by atoms with Gasteiger partial charge in [0.1, 0.15) is 0 Å². The maximum atomic E-state index is 5.90. The van der Waals surface area contributed by atoms with Crippen molar-refractivity contribution >= 4 is 0 Å². The van der Waals surface area contributed by atoms with Crippen LogP contribution in [-0.4, -0.2) is 49.8 Å². The fraction of sp³-hybridized carbons (Fsp3) is 1.00. The molecular weight excluding hydrogens is 200 g/mol. The van der Waals surface area contributed by atoms with Gasteiger partial charge in [-0.25, -0.2) is 0 Å². The summed E-state index contributed by atoms with van der Waals surface area (Å²) in [5, 5.41) is 3.41. The summed E-state index contributed by atoms with van der Waals surface area (Å²) in [4.78, 5) is 2.52. The first-order valence-electron chi connectivity index (χ1n) is 6.72. The molecule has 0 amide bonds. The van der Waals surface area contributed by atoms with Gasteiger partial charge in [-0.05, 0) is 27.3 Å². The zero-order valence-electron chi connectivity index (χ0n) is 11.3. The van der Waals surface area contributed by atoms with Crippen LogP contribution in [0.15, 0.2) is 0 Å². The summed E-state index contributed by atoms with van der Waals surface area (Å²) in [5.74, 6) is 0. The van der Waals surface area contributed by atoms with Crippen molar-refractivity contribution in [3.05, 3.63) is 0 Å². The lowest BCUT2D eigenvalue weighted by Gasteiger charge is -2.39. The summed E-state index contributed by atoms with van der Waals surface area (Å²) < 4.78 is 5.90. The number of nitrogens with one attached hydrogen (secondary N) is 1. The van der Waals surface area contributed by atoms with Crippen molar-refractivity contribution in [1.29, 1.82) is 0 Å². The van der Waals surface area contributed by atoms with Crippen LogP contribution in [0.1, 0.15) is 40.0 Å². The van der Waals surface area contributed by atoms with E-state index in [1.165, 1.54) is 19.3 Å². The maximum Gasteiger partial charge on any atom is 0.0855 e. The van der Waals surface area contributed by atoms with Crippen LogP contribution in [0.3, 0.4) is 0 Å². The van der Waals surface area contributed by atoms with Crippen LogP contribution in [0, 0.1) is 0 Å². The molecule has 16 heavy (non-hydrogen) atoms. The van der Waals surface area contributed by atoms with E-state index < -0.39 is 0 Å². The molecule has 1 N–H and O–H groups in total. The molecule has 3 heteroatoms. The number of morpholine rings is 1. The number of rotatable bonds is 6. The van der Waals surface area contributed by atoms with Crippen LogP contribution in [0.5, 0.6) is 0 Å². The second-order valence-electron chi connectivity index (χ2n) is 5.04. The molecule has 0 bridgehead atoms. The van der Waals surface area contributed by atoms with E-state index >= 15 is 0 Å². The number of unbranched alkanes of at least 4 members (excludes halogenated alkanes) is 1. The minimum Gasteiger partial charge on any atom is -0.374 e. The largest absolute Gasteiger partial charge is 0.374 e. The highest BCUT2D eigenvalue weighted by atomic mass is 16.5. The van der Waals surface area contributed by atoms with Gasteiger partial charge in [0.15, 0.2) is 0 Å². The van der Waals surface area contributed by atoms with Crippen molar-refractivity contribution in [2.45, 2.75) is 58.2 Å². The van der Waals surface area contributed by atoms with E-state index in [1.54, 1.807) is 0 Å². The van der Waals surface area contributed by atoms with Crippen molar-refractivity contribution in [2.24, 2.45) is 0 Å². The Kier molecular flexibility index (Phi) is 6.32. The molecule has 1 aliphatic heterocycles. The van der Waals surface area contributed by atoms with Crippen molar-refractivity contribution < 1.29 is 4.74 Å². The zero-order chi connectivity index (χ0) is 12.0. The average molecular weight is 228 g/mol. The Labute approximate surface area is 101 Å². The molecule has 0 aliphatic carbocycles. The van der Waals surface area contributed by atoms with E-state index in [-0.39, 0.29) is 0 Å². The third-order valence-corrected chi connectivity index (χ3v) is 3.54. The summed E-state index contributed by atoms with van der Waals surface area (Å²) in [6.07, 6.45) is 4.14. The molecule has 0 aromatic rings. The predicted molar refractivity (Wildman–Crippen MR) is 68.8 cm³/mol. The molecule has 2 unspecified atom stereocenters. The Balaban J connectivity index is 2.43. The highest BCUT2D eigenvalue weighted by Gasteiger charge is 2.27. The van der Waals surface area contributed by atoms with Crippen molar-refractivity contribution in [1.82, 2.24) is 10.2 Å². The van der Waals surface area contributed by atoms with Gasteiger partial charge in [0.05, 0.1) is 12.7 Å². The molecule has 96 valence electrons. The zero-order valence-corrected chi connectivity index (χ0v) is 11.3. The molecule has 1 heterocycles. The third-order valence-electron chi connectivity index (χ3n) is 3.54. The molecule has 0 aromatic heterocycles. The van der Waals surface area contributed by atoms with E-state index in [0.717, 1.165) is 19.7 Å². The molecule has 1 saturated heterocycles. The number of ether oxygens (including phenoxy) is 1. The first kappa shape index (κ1) is 13.9. The van der Waals surface area contributed by atoms with E-state index in [4.69, 9.17) is 4.74 Å². The van der Waals surface area contributed by atoms with Crippen molar-refractivity contribution in [2.75, 3.05) is 26.7 Å². The van der Waals surface area contributed by atoms with Crippen LogP contribution in [0.2, 0.25) is 0 Å². The summed E-state index contributed by atoms with van der Waals surface area (Å²) in [5.41, 5.74) is 0. The van der Waals surface area contributed by atoms with Gasteiger partial charge in [0.2, 0.25) is 0 Å². The molecular formula is C13H28N2O. The smallest absolute Gasteiger partial charge is 0.0855 e. The minimum absolute atomic E-state index is 0.368. The second kappa shape index (κ2) is 7.25. The first-order chi connectivity index (χ1) is 7.69. The normalized spacial score (nSPS) is 24.9. The Hall–Kier alpha value is -0.120. The number of nitrogens with zero attached hydrogens (tertiary/aromatic N) is 1. The Morgan fingerprint density at radius 1 is 1.44 bits per heavy atom. The van der Waals surface area contributed by atoms with Crippen LogP contribution < -0.4 is 5.32 Å². The van der Waals surface area contributed by atoms with Gasteiger partial charge < -0.3 is 10.1 Å². The van der Waals surface area contributed by atoms with Gasteiger partial charge in [-0.3, -0.25) is 4.90 Å². The van der Waals surface area contributed by atoms with Crippen LogP contribution in [-0.2, 0) is 4.74 Å². The molecule has 3 nitrogen and oxygen atoms in total. The topological polar surface area (TPSA) is 24.5 Å². The highest BCUT2D eigenvalue weighted by molar-refractivity contribution is 4.83. The molecule has 0 aromatic carbocycles. The van der Waals surface area contributed by atoms with E-state index in [0.29, 0.717) is 18.2 Å². The predicted octanol–water partition coefficient (Wildman–Crippen LogP) is 1.87. The molecule has 1 rings (SSSR count). The van der Waals surface area contributed by atoms with Gasteiger partial charge in [0, 0.05) is 25.2 Å². The molecule has 1 fully saturated rings. The third kappa shape index (κ3) is 4.04. The summed E-state index contributed by atoms with van der Waals surface area (Å²) in [6.45, 7) is 9.82. The van der Waals surface area contributed by atoms with Crippen LogP contribution in [0.25, 0.3) is 0 Å². The minimum atomic E-state index is 0.368. The Morgan fingerprint density at radius 3 is 2.75 bits per heavy atom. The van der Waals surface area contributed by atoms with Gasteiger partial charge in [0.25, 0.3) is 0 Å². The first-order valence-corrected chi connectivity index (χ1v) is 6.72. The van der Waals surface area contributed by atoms with Crippen molar-refractivity contribution in [3.8, 4) is 0 Å². The maximum absolute atomic E-state index is 5.90. The number of hydrogen-bond donors (Lipinski definition) is 1. The Morgan fingerprint density at radius 2 is 2.19 bits per heavy atom. The lowest BCUT2D eigenvalue weighted by Crippen LogP contribution is -2.53. The Bertz CT molecular complexity index is 185. The summed E-state index contributed by atoms with van der Waals surface area (Å²) >= 11 is 0. The van der Waals surface area contributed by atoms with Crippen LogP contribution >= 0.6 is 0 Å². The monoisotopic (exact) mass is 228 g/mol. The SMILES string of the molecule is CCCCC(NC)C1CN(C(C)C)CCO1. The fourth-order valence-corrected chi connectivity index (χ4v) is 2.35. The number of likely N-dealkylation sites (N-methyl/N-ethyl adjacent to an activating group) is 1. The van der Waals surface area contributed by atoms with E-state index in [2.05, 4.69) is 38.0 Å². The second-order valence-corrected chi connectivity index (χ2v) is 5.04. The molecule has 1 aliphatic rings. The molecule has 2 atom stereocenters. The van der Waals surface area contributed by atoms with Gasteiger partial charge in [-0.15, -0.1) is 0 Å².